The second kappa shape index (κ2) is 7.11. The molecule has 0 bridgehead atoms. The van der Waals surface area contributed by atoms with Crippen LogP contribution in [0, 0.1) is 0 Å². The second-order valence-electron chi connectivity index (χ2n) is 5.96. The molecule has 0 spiro atoms. The fraction of sp³-hybridized carbons (Fsp3) is 0.588. The molecule has 1 aromatic carbocycles. The maximum Gasteiger partial charge on any atom is 0.254 e. The average molecular weight is 304 g/mol. The van der Waals surface area contributed by atoms with Gasteiger partial charge >= 0.3 is 0 Å². The van der Waals surface area contributed by atoms with Gasteiger partial charge in [0.1, 0.15) is 5.75 Å². The van der Waals surface area contributed by atoms with E-state index in [1.54, 1.807) is 13.2 Å². The topological polar surface area (TPSA) is 42.0 Å². The quantitative estimate of drug-likeness (QED) is 0.848. The van der Waals surface area contributed by atoms with E-state index in [4.69, 9.17) is 9.47 Å². The van der Waals surface area contributed by atoms with E-state index in [-0.39, 0.29) is 5.91 Å². The standard InChI is InChI=1S/C17H24N2O3/c1-21-15-5-2-4-14(12-15)17(20)19-9-7-18(8-10-19)13-16-6-3-11-22-16/h2,4-5,12,16H,3,6-11,13H2,1H3/t16-/m1/s1. The summed E-state index contributed by atoms with van der Waals surface area (Å²) < 4.78 is 10.9. The van der Waals surface area contributed by atoms with E-state index in [1.165, 1.54) is 12.8 Å². The SMILES string of the molecule is COc1cccc(C(=O)N2CCN(C[C@H]3CCCO3)CC2)c1. The zero-order valence-corrected chi connectivity index (χ0v) is 13.2. The largest absolute Gasteiger partial charge is 0.497 e. The van der Waals surface area contributed by atoms with Crippen LogP contribution in [-0.4, -0.2) is 68.3 Å². The normalized spacial score (nSPS) is 22.8. The average Bonchev–Trinajstić information content (AvgIpc) is 3.08. The Bertz CT molecular complexity index is 506. The summed E-state index contributed by atoms with van der Waals surface area (Å²) in [4.78, 5) is 16.9. The van der Waals surface area contributed by atoms with Crippen molar-refractivity contribution in [1.82, 2.24) is 9.80 Å². The maximum absolute atomic E-state index is 12.5. The molecule has 1 atom stereocenters. The first-order chi connectivity index (χ1) is 10.8. The van der Waals surface area contributed by atoms with Gasteiger partial charge in [0.2, 0.25) is 0 Å². The van der Waals surface area contributed by atoms with Crippen molar-refractivity contribution >= 4 is 5.91 Å². The molecular weight excluding hydrogens is 280 g/mol. The van der Waals surface area contributed by atoms with Crippen molar-refractivity contribution in [3.05, 3.63) is 29.8 Å². The first-order valence-electron chi connectivity index (χ1n) is 8.03. The number of nitrogens with zero attached hydrogens (tertiary/aromatic N) is 2. The van der Waals surface area contributed by atoms with E-state index >= 15 is 0 Å². The van der Waals surface area contributed by atoms with E-state index in [9.17, 15) is 4.79 Å². The summed E-state index contributed by atoms with van der Waals surface area (Å²) in [5, 5.41) is 0. The van der Waals surface area contributed by atoms with Crippen LogP contribution in [0.15, 0.2) is 24.3 Å². The summed E-state index contributed by atoms with van der Waals surface area (Å²) in [6.45, 7) is 5.32. The van der Waals surface area contributed by atoms with Gasteiger partial charge in [-0.05, 0) is 31.0 Å². The minimum Gasteiger partial charge on any atom is -0.497 e. The monoisotopic (exact) mass is 304 g/mol. The number of ether oxygens (including phenoxy) is 2. The highest BCUT2D eigenvalue weighted by Crippen LogP contribution is 2.17. The lowest BCUT2D eigenvalue weighted by Crippen LogP contribution is -2.50. The fourth-order valence-corrected chi connectivity index (χ4v) is 3.15. The lowest BCUT2D eigenvalue weighted by molar-refractivity contribution is 0.0432. The summed E-state index contributed by atoms with van der Waals surface area (Å²) in [5.41, 5.74) is 0.701. The van der Waals surface area contributed by atoms with E-state index in [0.29, 0.717) is 11.7 Å². The molecule has 2 heterocycles. The number of rotatable bonds is 4. The van der Waals surface area contributed by atoms with Crippen molar-refractivity contribution in [1.29, 1.82) is 0 Å². The van der Waals surface area contributed by atoms with Crippen molar-refractivity contribution in [2.45, 2.75) is 18.9 Å². The predicted molar refractivity (Wildman–Crippen MR) is 84.3 cm³/mol. The molecule has 0 saturated carbocycles. The Morgan fingerprint density at radius 1 is 1.32 bits per heavy atom. The zero-order valence-electron chi connectivity index (χ0n) is 13.2. The summed E-state index contributed by atoms with van der Waals surface area (Å²) in [6.07, 6.45) is 2.74. The molecule has 120 valence electrons. The van der Waals surface area contributed by atoms with Gasteiger partial charge in [0.15, 0.2) is 0 Å². The lowest BCUT2D eigenvalue weighted by atomic mass is 10.1. The van der Waals surface area contributed by atoms with Crippen molar-refractivity contribution in [3.63, 3.8) is 0 Å². The molecule has 3 rings (SSSR count). The summed E-state index contributed by atoms with van der Waals surface area (Å²) in [5.74, 6) is 0.818. The molecule has 5 nitrogen and oxygen atoms in total. The fourth-order valence-electron chi connectivity index (χ4n) is 3.15. The number of carbonyl (C=O) groups is 1. The number of hydrogen-bond acceptors (Lipinski definition) is 4. The molecule has 22 heavy (non-hydrogen) atoms. The molecular formula is C17H24N2O3. The molecule has 2 fully saturated rings. The van der Waals surface area contributed by atoms with Crippen LogP contribution in [0.25, 0.3) is 0 Å². The smallest absolute Gasteiger partial charge is 0.254 e. The molecule has 0 radical (unpaired) electrons. The Morgan fingerprint density at radius 2 is 2.14 bits per heavy atom. The molecule has 5 heteroatoms. The Morgan fingerprint density at radius 3 is 2.82 bits per heavy atom. The van der Waals surface area contributed by atoms with Crippen LogP contribution in [0.4, 0.5) is 0 Å². The summed E-state index contributed by atoms with van der Waals surface area (Å²) in [7, 11) is 1.62. The van der Waals surface area contributed by atoms with Crippen LogP contribution in [-0.2, 0) is 4.74 Å². The Labute approximate surface area is 131 Å². The van der Waals surface area contributed by atoms with Gasteiger partial charge in [-0.2, -0.15) is 0 Å². The van der Waals surface area contributed by atoms with Crippen LogP contribution in [0.2, 0.25) is 0 Å². The predicted octanol–water partition coefficient (Wildman–Crippen LogP) is 1.63. The molecule has 1 aromatic rings. The first kappa shape index (κ1) is 15.3. The highest BCUT2D eigenvalue weighted by molar-refractivity contribution is 5.94. The number of methoxy groups -OCH3 is 1. The van der Waals surface area contributed by atoms with E-state index < -0.39 is 0 Å². The van der Waals surface area contributed by atoms with Crippen molar-refractivity contribution < 1.29 is 14.3 Å². The molecule has 2 aliphatic heterocycles. The number of hydrogen-bond donors (Lipinski definition) is 0. The maximum atomic E-state index is 12.5. The second-order valence-corrected chi connectivity index (χ2v) is 5.96. The molecule has 1 amide bonds. The minimum absolute atomic E-state index is 0.0932. The van der Waals surface area contributed by atoms with E-state index in [1.807, 2.05) is 23.1 Å². The van der Waals surface area contributed by atoms with Crippen molar-refractivity contribution in [2.24, 2.45) is 0 Å². The Kier molecular flexibility index (Phi) is 4.95. The molecule has 0 N–H and O–H groups in total. The number of amides is 1. The minimum atomic E-state index is 0.0932. The van der Waals surface area contributed by atoms with Gasteiger partial charge in [-0.1, -0.05) is 6.07 Å². The van der Waals surface area contributed by atoms with Gasteiger partial charge in [0, 0.05) is 44.9 Å². The van der Waals surface area contributed by atoms with Gasteiger partial charge < -0.3 is 14.4 Å². The number of carbonyl (C=O) groups excluding carboxylic acids is 1. The van der Waals surface area contributed by atoms with E-state index in [0.717, 1.165) is 45.1 Å². The van der Waals surface area contributed by atoms with Gasteiger partial charge in [0.25, 0.3) is 5.91 Å². The van der Waals surface area contributed by atoms with Crippen molar-refractivity contribution in [3.8, 4) is 5.75 Å². The van der Waals surface area contributed by atoms with Crippen LogP contribution in [0.5, 0.6) is 5.75 Å². The molecule has 0 unspecified atom stereocenters. The third-order valence-corrected chi connectivity index (χ3v) is 4.46. The van der Waals surface area contributed by atoms with Crippen LogP contribution >= 0.6 is 0 Å². The number of piperazine rings is 1. The summed E-state index contributed by atoms with van der Waals surface area (Å²) in [6, 6.07) is 7.38. The number of benzene rings is 1. The third-order valence-electron chi connectivity index (χ3n) is 4.46. The highest BCUT2D eigenvalue weighted by Gasteiger charge is 2.25. The molecule has 2 aliphatic rings. The first-order valence-corrected chi connectivity index (χ1v) is 8.03. The van der Waals surface area contributed by atoms with Gasteiger partial charge in [-0.3, -0.25) is 9.69 Å². The molecule has 0 aromatic heterocycles. The molecule has 0 aliphatic carbocycles. The van der Waals surface area contributed by atoms with E-state index in [2.05, 4.69) is 4.90 Å². The lowest BCUT2D eigenvalue weighted by Gasteiger charge is -2.35. The van der Waals surface area contributed by atoms with Crippen LogP contribution < -0.4 is 4.74 Å². The third kappa shape index (κ3) is 3.59. The van der Waals surface area contributed by atoms with Crippen LogP contribution in [0.3, 0.4) is 0 Å². The van der Waals surface area contributed by atoms with Gasteiger partial charge in [0.05, 0.1) is 13.2 Å². The van der Waals surface area contributed by atoms with Gasteiger partial charge in [-0.25, -0.2) is 0 Å². The Hall–Kier alpha value is -1.59. The van der Waals surface area contributed by atoms with Crippen molar-refractivity contribution in [2.75, 3.05) is 46.4 Å². The highest BCUT2D eigenvalue weighted by atomic mass is 16.5. The molecule has 2 saturated heterocycles. The summed E-state index contributed by atoms with van der Waals surface area (Å²) >= 11 is 0. The zero-order chi connectivity index (χ0) is 15.4. The Balaban J connectivity index is 1.52. The van der Waals surface area contributed by atoms with Gasteiger partial charge in [-0.15, -0.1) is 0 Å². The van der Waals surface area contributed by atoms with Crippen LogP contribution in [0.1, 0.15) is 23.2 Å².